The molecule has 0 aliphatic heterocycles. The maximum Gasteiger partial charge on any atom is 0.466 e. The predicted molar refractivity (Wildman–Crippen MR) is 79.6 cm³/mol. The molecule has 0 heterocycles. The topological polar surface area (TPSA) is 87.0 Å². The Morgan fingerprint density at radius 2 is 1.45 bits per heavy atom. The highest BCUT2D eigenvalue weighted by molar-refractivity contribution is 7.45. The van der Waals surface area contributed by atoms with E-state index in [1.54, 1.807) is 0 Å². The summed E-state index contributed by atoms with van der Waals surface area (Å²) in [6, 6.07) is 10.1. The van der Waals surface area contributed by atoms with Crippen LogP contribution in [0.1, 0.15) is 45.4 Å². The minimum Gasteiger partial charge on any atom is -0.494 e. The van der Waals surface area contributed by atoms with Gasteiger partial charge in [0.25, 0.3) is 0 Å². The van der Waals surface area contributed by atoms with Gasteiger partial charge < -0.3 is 19.4 Å². The van der Waals surface area contributed by atoms with Crippen LogP contribution in [0.5, 0.6) is 5.75 Å². The van der Waals surface area contributed by atoms with Crippen molar-refractivity contribution in [3.05, 3.63) is 30.3 Å². The number of hydrogen-bond donors (Lipinski definition) is 3. The lowest BCUT2D eigenvalue weighted by atomic mass is 10.1. The number of benzene rings is 1. The molecule has 0 atom stereocenters. The summed E-state index contributed by atoms with van der Waals surface area (Å²) in [5.74, 6) is 0.992. The number of para-hydroxylation sites is 1. The lowest BCUT2D eigenvalue weighted by molar-refractivity contribution is 0.275. The van der Waals surface area contributed by atoms with Crippen molar-refractivity contribution < 1.29 is 24.0 Å². The average Bonchev–Trinajstić information content (AvgIpc) is 2.37. The van der Waals surface area contributed by atoms with E-state index in [9.17, 15) is 0 Å². The summed E-state index contributed by atoms with van der Waals surface area (Å²) >= 11 is 0. The first-order chi connectivity index (χ1) is 9.43. The molecule has 0 unspecified atom stereocenters. The van der Waals surface area contributed by atoms with Crippen LogP contribution in [0, 0.1) is 0 Å². The fourth-order valence-corrected chi connectivity index (χ4v) is 1.59. The number of unbranched alkanes of at least 4 members (excludes halogenated alkanes) is 5. The van der Waals surface area contributed by atoms with E-state index in [1.165, 1.54) is 38.5 Å². The Kier molecular flexibility index (Phi) is 11.4. The van der Waals surface area contributed by atoms with Crippen LogP contribution in [0.4, 0.5) is 0 Å². The Bertz CT molecular complexity index is 355. The largest absolute Gasteiger partial charge is 0.494 e. The van der Waals surface area contributed by atoms with Gasteiger partial charge in [0.15, 0.2) is 0 Å². The molecule has 1 rings (SSSR count). The van der Waals surface area contributed by atoms with Crippen molar-refractivity contribution >= 4 is 7.82 Å². The number of ether oxygens (including phenoxy) is 1. The van der Waals surface area contributed by atoms with E-state index < -0.39 is 7.82 Å². The van der Waals surface area contributed by atoms with Gasteiger partial charge in [0.1, 0.15) is 5.75 Å². The van der Waals surface area contributed by atoms with E-state index >= 15 is 0 Å². The Morgan fingerprint density at radius 1 is 0.950 bits per heavy atom. The van der Waals surface area contributed by atoms with Gasteiger partial charge in [-0.25, -0.2) is 4.57 Å². The van der Waals surface area contributed by atoms with E-state index in [0.717, 1.165) is 12.4 Å². The van der Waals surface area contributed by atoms with Crippen molar-refractivity contribution in [3.63, 3.8) is 0 Å². The van der Waals surface area contributed by atoms with Gasteiger partial charge in [-0.2, -0.15) is 0 Å². The summed E-state index contributed by atoms with van der Waals surface area (Å²) in [4.78, 5) is 21.6. The minimum atomic E-state index is -4.64. The van der Waals surface area contributed by atoms with Gasteiger partial charge in [0.2, 0.25) is 0 Å². The Labute approximate surface area is 120 Å². The van der Waals surface area contributed by atoms with E-state index in [-0.39, 0.29) is 0 Å². The van der Waals surface area contributed by atoms with Crippen molar-refractivity contribution in [2.75, 3.05) is 6.61 Å². The Morgan fingerprint density at radius 3 is 2.00 bits per heavy atom. The summed E-state index contributed by atoms with van der Waals surface area (Å²) in [5, 5.41) is 0. The molecule has 0 saturated heterocycles. The first-order valence-electron chi connectivity index (χ1n) is 6.89. The molecule has 0 spiro atoms. The molecule has 0 radical (unpaired) electrons. The molecule has 0 amide bonds. The Hall–Kier alpha value is -0.870. The molecule has 0 fully saturated rings. The van der Waals surface area contributed by atoms with Gasteiger partial charge in [-0.15, -0.1) is 0 Å². The summed E-state index contributed by atoms with van der Waals surface area (Å²) in [7, 11) is -4.64. The molecular weight excluding hydrogens is 279 g/mol. The predicted octanol–water partition coefficient (Wildman–Crippen LogP) is 3.50. The van der Waals surface area contributed by atoms with Crippen LogP contribution in [-0.4, -0.2) is 21.3 Å². The molecule has 0 saturated carbocycles. The summed E-state index contributed by atoms with van der Waals surface area (Å²) in [6.45, 7) is 3.11. The molecule has 0 aliphatic carbocycles. The molecule has 1 aromatic rings. The average molecular weight is 304 g/mol. The van der Waals surface area contributed by atoms with Gasteiger partial charge >= 0.3 is 7.82 Å². The van der Waals surface area contributed by atoms with Crippen LogP contribution < -0.4 is 4.74 Å². The van der Waals surface area contributed by atoms with Crippen molar-refractivity contribution in [2.24, 2.45) is 0 Å². The normalized spacial score (nSPS) is 10.6. The van der Waals surface area contributed by atoms with Gasteiger partial charge in [0.05, 0.1) is 6.61 Å². The molecule has 1 aromatic carbocycles. The lowest BCUT2D eigenvalue weighted by Crippen LogP contribution is -1.96. The van der Waals surface area contributed by atoms with Crippen LogP contribution >= 0.6 is 7.82 Å². The van der Waals surface area contributed by atoms with Crippen molar-refractivity contribution in [3.8, 4) is 5.75 Å². The van der Waals surface area contributed by atoms with Crippen LogP contribution in [0.3, 0.4) is 0 Å². The van der Waals surface area contributed by atoms with Gasteiger partial charge in [-0.05, 0) is 18.6 Å². The quantitative estimate of drug-likeness (QED) is 0.505. The summed E-state index contributed by atoms with van der Waals surface area (Å²) in [6.07, 6.45) is 7.90. The molecule has 0 aliphatic rings. The van der Waals surface area contributed by atoms with Gasteiger partial charge in [0, 0.05) is 0 Å². The third-order valence-electron chi connectivity index (χ3n) is 2.51. The molecule has 3 N–H and O–H groups in total. The van der Waals surface area contributed by atoms with Crippen LogP contribution in [0.15, 0.2) is 30.3 Å². The third kappa shape index (κ3) is 17.1. The zero-order valence-corrected chi connectivity index (χ0v) is 12.8. The molecule has 5 nitrogen and oxygen atoms in total. The lowest BCUT2D eigenvalue weighted by Gasteiger charge is -2.05. The monoisotopic (exact) mass is 304 g/mol. The fourth-order valence-electron chi connectivity index (χ4n) is 1.59. The highest BCUT2D eigenvalue weighted by atomic mass is 31.2. The molecule has 0 bridgehead atoms. The van der Waals surface area contributed by atoms with E-state index in [0.29, 0.717) is 0 Å². The second kappa shape index (κ2) is 11.9. The zero-order valence-electron chi connectivity index (χ0n) is 11.9. The van der Waals surface area contributed by atoms with Gasteiger partial charge in [-0.3, -0.25) is 0 Å². The molecule has 20 heavy (non-hydrogen) atoms. The smallest absolute Gasteiger partial charge is 0.466 e. The SMILES string of the molecule is CCCCCCCCOc1ccccc1.O=P(O)(O)O. The highest BCUT2D eigenvalue weighted by Gasteiger charge is 2.00. The summed E-state index contributed by atoms with van der Waals surface area (Å²) < 4.78 is 14.5. The number of phosphoric acid groups is 1. The third-order valence-corrected chi connectivity index (χ3v) is 2.51. The standard InChI is InChI=1S/C14H22O.H3O4P/c1-2-3-4-5-6-10-13-15-14-11-8-7-9-12-14;1-5(2,3)4/h7-9,11-12H,2-6,10,13H2,1H3;(H3,1,2,3,4). The van der Waals surface area contributed by atoms with Crippen molar-refractivity contribution in [2.45, 2.75) is 45.4 Å². The first kappa shape index (κ1) is 19.1. The number of hydrogen-bond acceptors (Lipinski definition) is 2. The van der Waals surface area contributed by atoms with Crippen molar-refractivity contribution in [1.82, 2.24) is 0 Å². The maximum absolute atomic E-state index is 8.88. The molecule has 0 aromatic heterocycles. The second-order valence-electron chi connectivity index (χ2n) is 4.44. The number of rotatable bonds is 8. The molecular formula is C14H25O5P. The van der Waals surface area contributed by atoms with E-state index in [4.69, 9.17) is 24.0 Å². The second-order valence-corrected chi connectivity index (χ2v) is 5.47. The first-order valence-corrected chi connectivity index (χ1v) is 8.46. The fraction of sp³-hybridized carbons (Fsp3) is 0.571. The van der Waals surface area contributed by atoms with Crippen molar-refractivity contribution in [1.29, 1.82) is 0 Å². The van der Waals surface area contributed by atoms with E-state index in [1.807, 2.05) is 30.3 Å². The minimum absolute atomic E-state index is 0.857. The molecule has 6 heteroatoms. The molecule has 116 valence electrons. The van der Waals surface area contributed by atoms with Crippen LogP contribution in [0.2, 0.25) is 0 Å². The van der Waals surface area contributed by atoms with E-state index in [2.05, 4.69) is 6.92 Å². The van der Waals surface area contributed by atoms with Crippen LogP contribution in [-0.2, 0) is 4.57 Å². The summed E-state index contributed by atoms with van der Waals surface area (Å²) in [5.41, 5.74) is 0. The highest BCUT2D eigenvalue weighted by Crippen LogP contribution is 2.25. The maximum atomic E-state index is 8.88. The Balaban J connectivity index is 0.000000621. The van der Waals surface area contributed by atoms with Gasteiger partial charge in [-0.1, -0.05) is 57.2 Å². The van der Waals surface area contributed by atoms with Crippen LogP contribution in [0.25, 0.3) is 0 Å². The zero-order chi connectivity index (χ0) is 15.3.